The summed E-state index contributed by atoms with van der Waals surface area (Å²) in [6.45, 7) is 1.52. The second kappa shape index (κ2) is 5.95. The number of nitrogens with one attached hydrogen (secondary N) is 1. The summed E-state index contributed by atoms with van der Waals surface area (Å²) in [5.74, 6) is -0.376. The molecule has 1 heterocycles. The van der Waals surface area contributed by atoms with Crippen LogP contribution in [0.4, 0.5) is 5.69 Å². The number of hydrogen-bond donors (Lipinski definition) is 2. The molecule has 5 nitrogen and oxygen atoms in total. The number of rotatable bonds is 3. The van der Waals surface area contributed by atoms with E-state index in [-0.39, 0.29) is 18.2 Å². The quantitative estimate of drug-likeness (QED) is 0.890. The molecular formula is C15H13N3O2. The number of nitriles is 1. The molecule has 0 aliphatic rings. The Labute approximate surface area is 116 Å². The van der Waals surface area contributed by atoms with Crippen LogP contribution in [0.5, 0.6) is 0 Å². The van der Waals surface area contributed by atoms with Crippen molar-refractivity contribution in [3.63, 3.8) is 0 Å². The van der Waals surface area contributed by atoms with Crippen molar-refractivity contribution in [1.82, 2.24) is 4.98 Å². The number of carbonyl (C=O) groups is 1. The number of para-hydroxylation sites is 1. The number of benzene rings is 1. The van der Waals surface area contributed by atoms with E-state index < -0.39 is 0 Å². The van der Waals surface area contributed by atoms with Gasteiger partial charge in [0.1, 0.15) is 11.8 Å². The summed E-state index contributed by atoms with van der Waals surface area (Å²) in [5, 5.41) is 20.7. The van der Waals surface area contributed by atoms with Gasteiger partial charge < -0.3 is 10.4 Å². The monoisotopic (exact) mass is 267 g/mol. The van der Waals surface area contributed by atoms with Crippen molar-refractivity contribution in [3.8, 4) is 6.07 Å². The van der Waals surface area contributed by atoms with E-state index in [1.165, 1.54) is 6.07 Å². The molecule has 100 valence electrons. The topological polar surface area (TPSA) is 86.0 Å². The molecular weight excluding hydrogens is 254 g/mol. The molecule has 0 saturated heterocycles. The van der Waals surface area contributed by atoms with E-state index in [1.54, 1.807) is 37.3 Å². The van der Waals surface area contributed by atoms with Crippen LogP contribution in [0, 0.1) is 18.3 Å². The van der Waals surface area contributed by atoms with Gasteiger partial charge in [0.05, 0.1) is 17.9 Å². The van der Waals surface area contributed by atoms with Crippen LogP contribution in [0.3, 0.4) is 0 Å². The molecule has 0 radical (unpaired) electrons. The van der Waals surface area contributed by atoms with Gasteiger partial charge in [-0.1, -0.05) is 18.2 Å². The lowest BCUT2D eigenvalue weighted by atomic mass is 10.1. The highest BCUT2D eigenvalue weighted by atomic mass is 16.3. The molecule has 1 aromatic heterocycles. The van der Waals surface area contributed by atoms with Crippen LogP contribution in [0.2, 0.25) is 0 Å². The Morgan fingerprint density at radius 1 is 1.35 bits per heavy atom. The van der Waals surface area contributed by atoms with Crippen molar-refractivity contribution in [1.29, 1.82) is 5.26 Å². The first-order valence-corrected chi connectivity index (χ1v) is 6.03. The first kappa shape index (κ1) is 13.7. The number of anilines is 1. The smallest absolute Gasteiger partial charge is 0.274 e. The minimum atomic E-state index is -0.376. The summed E-state index contributed by atoms with van der Waals surface area (Å²) >= 11 is 0. The van der Waals surface area contributed by atoms with Crippen molar-refractivity contribution < 1.29 is 9.90 Å². The van der Waals surface area contributed by atoms with Crippen LogP contribution < -0.4 is 5.32 Å². The van der Waals surface area contributed by atoms with Gasteiger partial charge in [-0.3, -0.25) is 4.79 Å². The molecule has 0 saturated carbocycles. The molecule has 2 rings (SSSR count). The number of nitrogens with zero attached hydrogens (tertiary/aromatic N) is 2. The largest absolute Gasteiger partial charge is 0.392 e. The summed E-state index contributed by atoms with van der Waals surface area (Å²) in [4.78, 5) is 16.2. The highest BCUT2D eigenvalue weighted by Crippen LogP contribution is 2.16. The average Bonchev–Trinajstić information content (AvgIpc) is 2.47. The lowest BCUT2D eigenvalue weighted by molar-refractivity contribution is 0.102. The fourth-order valence-electron chi connectivity index (χ4n) is 1.77. The van der Waals surface area contributed by atoms with Gasteiger partial charge in [0.15, 0.2) is 0 Å². The Morgan fingerprint density at radius 2 is 2.10 bits per heavy atom. The Balaban J connectivity index is 2.24. The highest BCUT2D eigenvalue weighted by molar-refractivity contribution is 6.03. The van der Waals surface area contributed by atoms with Crippen molar-refractivity contribution in [3.05, 3.63) is 58.9 Å². The number of aliphatic hydroxyl groups excluding tert-OH is 1. The fraction of sp³-hybridized carbons (Fsp3) is 0.133. The maximum atomic E-state index is 12.1. The zero-order chi connectivity index (χ0) is 14.5. The van der Waals surface area contributed by atoms with Gasteiger partial charge in [-0.25, -0.2) is 4.98 Å². The Morgan fingerprint density at radius 3 is 2.75 bits per heavy atom. The Kier molecular flexibility index (Phi) is 4.08. The standard InChI is InChI=1S/C15H13N3O2/c1-10-11(8-16)6-7-14(17-10)15(20)18-13-5-3-2-4-12(13)9-19/h2-7,19H,9H2,1H3,(H,18,20). The number of hydrogen-bond acceptors (Lipinski definition) is 4. The van der Waals surface area contributed by atoms with Crippen molar-refractivity contribution in [2.24, 2.45) is 0 Å². The Hall–Kier alpha value is -2.71. The van der Waals surface area contributed by atoms with Crippen LogP contribution in [-0.2, 0) is 6.61 Å². The van der Waals surface area contributed by atoms with E-state index in [2.05, 4.69) is 10.3 Å². The van der Waals surface area contributed by atoms with Gasteiger partial charge in [0.25, 0.3) is 5.91 Å². The van der Waals surface area contributed by atoms with Gasteiger partial charge in [0, 0.05) is 11.3 Å². The van der Waals surface area contributed by atoms with Gasteiger partial charge in [-0.2, -0.15) is 5.26 Å². The molecule has 0 aliphatic carbocycles. The first-order chi connectivity index (χ1) is 9.65. The molecule has 0 spiro atoms. The van der Waals surface area contributed by atoms with E-state index in [4.69, 9.17) is 5.26 Å². The lowest BCUT2D eigenvalue weighted by Crippen LogP contribution is -2.15. The third-order valence-corrected chi connectivity index (χ3v) is 2.87. The number of aromatic nitrogens is 1. The summed E-state index contributed by atoms with van der Waals surface area (Å²) in [5.41, 5.74) is 2.36. The molecule has 2 N–H and O–H groups in total. The van der Waals surface area contributed by atoms with Gasteiger partial charge in [-0.15, -0.1) is 0 Å². The molecule has 2 aromatic rings. The predicted molar refractivity (Wildman–Crippen MR) is 74.0 cm³/mol. The number of pyridine rings is 1. The molecule has 20 heavy (non-hydrogen) atoms. The predicted octanol–water partition coefficient (Wildman–Crippen LogP) is 2.01. The molecule has 0 unspecified atom stereocenters. The van der Waals surface area contributed by atoms with E-state index in [1.807, 2.05) is 6.07 Å². The van der Waals surface area contributed by atoms with Gasteiger partial charge in [0.2, 0.25) is 0 Å². The average molecular weight is 267 g/mol. The third kappa shape index (κ3) is 2.82. The molecule has 5 heteroatoms. The molecule has 0 atom stereocenters. The molecule has 1 amide bonds. The first-order valence-electron chi connectivity index (χ1n) is 6.03. The minimum absolute atomic E-state index is 0.156. The van der Waals surface area contributed by atoms with E-state index in [0.717, 1.165) is 0 Å². The summed E-state index contributed by atoms with van der Waals surface area (Å²) < 4.78 is 0. The maximum absolute atomic E-state index is 12.1. The zero-order valence-corrected chi connectivity index (χ0v) is 10.9. The van der Waals surface area contributed by atoms with E-state index in [0.29, 0.717) is 22.5 Å². The molecule has 0 bridgehead atoms. The summed E-state index contributed by atoms with van der Waals surface area (Å²) in [7, 11) is 0. The summed E-state index contributed by atoms with van der Waals surface area (Å²) in [6, 6.07) is 12.1. The van der Waals surface area contributed by atoms with E-state index in [9.17, 15) is 9.90 Å². The minimum Gasteiger partial charge on any atom is -0.392 e. The van der Waals surface area contributed by atoms with Crippen molar-refractivity contribution in [2.45, 2.75) is 13.5 Å². The number of aliphatic hydroxyl groups is 1. The summed E-state index contributed by atoms with van der Waals surface area (Å²) in [6.07, 6.45) is 0. The second-order valence-corrected chi connectivity index (χ2v) is 4.21. The van der Waals surface area contributed by atoms with Crippen LogP contribution in [0.15, 0.2) is 36.4 Å². The van der Waals surface area contributed by atoms with Crippen LogP contribution in [0.25, 0.3) is 0 Å². The van der Waals surface area contributed by atoms with Crippen LogP contribution in [-0.4, -0.2) is 16.0 Å². The lowest BCUT2D eigenvalue weighted by Gasteiger charge is -2.09. The van der Waals surface area contributed by atoms with Crippen molar-refractivity contribution >= 4 is 11.6 Å². The number of amides is 1. The van der Waals surface area contributed by atoms with Crippen molar-refractivity contribution in [2.75, 3.05) is 5.32 Å². The number of aryl methyl sites for hydroxylation is 1. The van der Waals surface area contributed by atoms with Gasteiger partial charge >= 0.3 is 0 Å². The normalized spacial score (nSPS) is 9.85. The van der Waals surface area contributed by atoms with Crippen LogP contribution >= 0.6 is 0 Å². The third-order valence-electron chi connectivity index (χ3n) is 2.87. The van der Waals surface area contributed by atoms with E-state index >= 15 is 0 Å². The second-order valence-electron chi connectivity index (χ2n) is 4.21. The fourth-order valence-corrected chi connectivity index (χ4v) is 1.77. The Bertz CT molecular complexity index is 690. The maximum Gasteiger partial charge on any atom is 0.274 e. The SMILES string of the molecule is Cc1nc(C(=O)Nc2ccccc2CO)ccc1C#N. The molecule has 1 aromatic carbocycles. The molecule has 0 aliphatic heterocycles. The van der Waals surface area contributed by atoms with Crippen LogP contribution in [0.1, 0.15) is 27.3 Å². The molecule has 0 fully saturated rings. The number of carbonyl (C=O) groups excluding carboxylic acids is 1. The zero-order valence-electron chi connectivity index (χ0n) is 10.9. The van der Waals surface area contributed by atoms with Gasteiger partial charge in [-0.05, 0) is 25.1 Å². The highest BCUT2D eigenvalue weighted by Gasteiger charge is 2.11.